The molecule has 0 bridgehead atoms. The van der Waals surface area contributed by atoms with Gasteiger partial charge >= 0.3 is 11.6 Å². The van der Waals surface area contributed by atoms with E-state index >= 15 is 0 Å². The lowest BCUT2D eigenvalue weighted by Crippen LogP contribution is -2.09. The normalized spacial score (nSPS) is 10.8. The molecule has 3 rings (SSSR count). The van der Waals surface area contributed by atoms with Gasteiger partial charge in [0.2, 0.25) is 0 Å². The molecule has 1 heterocycles. The van der Waals surface area contributed by atoms with E-state index in [9.17, 15) is 9.59 Å². The highest BCUT2D eigenvalue weighted by molar-refractivity contribution is 6.30. The Morgan fingerprint density at radius 2 is 1.88 bits per heavy atom. The van der Waals surface area contributed by atoms with E-state index in [1.165, 1.54) is 6.07 Å². The molecule has 5 heteroatoms. The molecule has 1 aromatic heterocycles. The first-order valence-corrected chi connectivity index (χ1v) is 7.89. The molecule has 0 aliphatic heterocycles. The molecular formula is C19H15ClO4. The number of esters is 1. The van der Waals surface area contributed by atoms with E-state index < -0.39 is 5.63 Å². The van der Waals surface area contributed by atoms with Gasteiger partial charge in [-0.2, -0.15) is 0 Å². The van der Waals surface area contributed by atoms with Crippen molar-refractivity contribution in [1.82, 2.24) is 0 Å². The number of hydrogen-bond donors (Lipinski definition) is 0. The number of fused-ring (bicyclic) bond motifs is 1. The Kier molecular flexibility index (Phi) is 4.67. The van der Waals surface area contributed by atoms with Gasteiger partial charge in [-0.3, -0.25) is 4.79 Å². The summed E-state index contributed by atoms with van der Waals surface area (Å²) in [5, 5.41) is 1.48. The molecule has 0 N–H and O–H groups in total. The average Bonchev–Trinajstić information content (AvgIpc) is 2.54. The molecule has 0 saturated carbocycles. The third-order valence-electron chi connectivity index (χ3n) is 3.69. The fourth-order valence-electron chi connectivity index (χ4n) is 2.45. The Balaban J connectivity index is 1.69. The Bertz CT molecular complexity index is 942. The highest BCUT2D eigenvalue weighted by Gasteiger charge is 2.08. The van der Waals surface area contributed by atoms with Crippen LogP contribution in [0.2, 0.25) is 5.02 Å². The lowest BCUT2D eigenvalue weighted by Gasteiger charge is -2.06. The van der Waals surface area contributed by atoms with Crippen LogP contribution in [0.1, 0.15) is 17.5 Å². The number of rotatable bonds is 4. The zero-order chi connectivity index (χ0) is 17.1. The van der Waals surface area contributed by atoms with Gasteiger partial charge in [0.05, 0.1) is 0 Å². The number of aryl methyl sites for hydroxylation is 2. The van der Waals surface area contributed by atoms with Crippen molar-refractivity contribution in [3.05, 3.63) is 75.1 Å². The van der Waals surface area contributed by atoms with Crippen LogP contribution in [0.25, 0.3) is 11.0 Å². The van der Waals surface area contributed by atoms with Gasteiger partial charge in [-0.1, -0.05) is 23.7 Å². The van der Waals surface area contributed by atoms with Crippen molar-refractivity contribution in [2.24, 2.45) is 0 Å². The maximum atomic E-state index is 12.0. The van der Waals surface area contributed by atoms with Gasteiger partial charge in [0.25, 0.3) is 0 Å². The molecule has 0 fully saturated rings. The molecule has 0 unspecified atom stereocenters. The zero-order valence-electron chi connectivity index (χ0n) is 13.0. The monoisotopic (exact) mass is 342 g/mol. The van der Waals surface area contributed by atoms with Gasteiger partial charge in [0, 0.05) is 29.0 Å². The molecule has 3 aromatic rings. The fraction of sp³-hybridized carbons (Fsp3) is 0.158. The lowest BCUT2D eigenvalue weighted by molar-refractivity contribution is -0.134. The molecule has 122 valence electrons. The van der Waals surface area contributed by atoms with Crippen molar-refractivity contribution < 1.29 is 13.9 Å². The minimum atomic E-state index is -0.425. The smallest absolute Gasteiger partial charge is 0.336 e. The van der Waals surface area contributed by atoms with Crippen molar-refractivity contribution in [2.75, 3.05) is 0 Å². The highest BCUT2D eigenvalue weighted by Crippen LogP contribution is 2.22. The van der Waals surface area contributed by atoms with Crippen molar-refractivity contribution in [2.45, 2.75) is 19.8 Å². The fourth-order valence-corrected chi connectivity index (χ4v) is 2.57. The minimum Gasteiger partial charge on any atom is -0.426 e. The SMILES string of the molecule is Cc1cc(=O)oc2cc(OC(=O)CCc3ccc(Cl)cc3)ccc12. The van der Waals surface area contributed by atoms with E-state index in [4.69, 9.17) is 20.8 Å². The van der Waals surface area contributed by atoms with Crippen LogP contribution in [-0.4, -0.2) is 5.97 Å². The van der Waals surface area contributed by atoms with Crippen LogP contribution in [0.15, 0.2) is 57.7 Å². The molecule has 0 atom stereocenters. The topological polar surface area (TPSA) is 56.5 Å². The van der Waals surface area contributed by atoms with Gasteiger partial charge in [0.1, 0.15) is 11.3 Å². The van der Waals surface area contributed by atoms with E-state index in [-0.39, 0.29) is 12.4 Å². The summed E-state index contributed by atoms with van der Waals surface area (Å²) in [5.74, 6) is 0.0108. The maximum Gasteiger partial charge on any atom is 0.336 e. The Hall–Kier alpha value is -2.59. The third kappa shape index (κ3) is 3.84. The quantitative estimate of drug-likeness (QED) is 0.403. The molecule has 24 heavy (non-hydrogen) atoms. The number of carbonyl (C=O) groups excluding carboxylic acids is 1. The Morgan fingerprint density at radius 3 is 2.62 bits per heavy atom. The van der Waals surface area contributed by atoms with E-state index in [0.717, 1.165) is 16.5 Å². The molecule has 0 aliphatic rings. The van der Waals surface area contributed by atoms with E-state index in [0.29, 0.717) is 22.8 Å². The first-order valence-electron chi connectivity index (χ1n) is 7.51. The van der Waals surface area contributed by atoms with Gasteiger partial charge in [-0.25, -0.2) is 4.79 Å². The van der Waals surface area contributed by atoms with Crippen molar-refractivity contribution >= 4 is 28.5 Å². The molecule has 0 aliphatic carbocycles. The highest BCUT2D eigenvalue weighted by atomic mass is 35.5. The third-order valence-corrected chi connectivity index (χ3v) is 3.94. The summed E-state index contributed by atoms with van der Waals surface area (Å²) in [4.78, 5) is 23.4. The minimum absolute atomic E-state index is 0.247. The Morgan fingerprint density at radius 1 is 1.12 bits per heavy atom. The number of benzene rings is 2. The standard InChI is InChI=1S/C19H15ClO4/c1-12-10-19(22)24-17-11-15(7-8-16(12)17)23-18(21)9-4-13-2-5-14(20)6-3-13/h2-3,5-8,10-11H,4,9H2,1H3. The second kappa shape index (κ2) is 6.89. The van der Waals surface area contributed by atoms with Crippen molar-refractivity contribution in [1.29, 1.82) is 0 Å². The summed E-state index contributed by atoms with van der Waals surface area (Å²) < 4.78 is 10.5. The number of carbonyl (C=O) groups is 1. The van der Waals surface area contributed by atoms with E-state index in [1.807, 2.05) is 19.1 Å². The summed E-state index contributed by atoms with van der Waals surface area (Å²) in [5.41, 5.74) is 1.81. The summed E-state index contributed by atoms with van der Waals surface area (Å²) in [7, 11) is 0. The van der Waals surface area contributed by atoms with E-state index in [2.05, 4.69) is 0 Å². The summed E-state index contributed by atoms with van der Waals surface area (Å²) in [6.07, 6.45) is 0.815. The van der Waals surface area contributed by atoms with E-state index in [1.54, 1.807) is 30.3 Å². The Labute approximate surface area is 143 Å². The van der Waals surface area contributed by atoms with Crippen LogP contribution < -0.4 is 10.4 Å². The predicted octanol–water partition coefficient (Wildman–Crippen LogP) is 4.29. The molecule has 0 spiro atoms. The number of ether oxygens (including phenoxy) is 1. The lowest BCUT2D eigenvalue weighted by atomic mass is 10.1. The van der Waals surface area contributed by atoms with Crippen LogP contribution in [0, 0.1) is 6.92 Å². The van der Waals surface area contributed by atoms with Crippen LogP contribution in [-0.2, 0) is 11.2 Å². The summed E-state index contributed by atoms with van der Waals surface area (Å²) in [6.45, 7) is 1.83. The van der Waals surface area contributed by atoms with Gasteiger partial charge in [0.15, 0.2) is 0 Å². The van der Waals surface area contributed by atoms with Crippen LogP contribution in [0.3, 0.4) is 0 Å². The van der Waals surface area contributed by atoms with Crippen LogP contribution in [0.5, 0.6) is 5.75 Å². The van der Waals surface area contributed by atoms with Gasteiger partial charge < -0.3 is 9.15 Å². The van der Waals surface area contributed by atoms with Crippen molar-refractivity contribution in [3.8, 4) is 5.75 Å². The zero-order valence-corrected chi connectivity index (χ0v) is 13.8. The molecular weight excluding hydrogens is 328 g/mol. The number of hydrogen-bond acceptors (Lipinski definition) is 4. The molecule has 0 saturated heterocycles. The van der Waals surface area contributed by atoms with Gasteiger partial charge in [-0.15, -0.1) is 0 Å². The first kappa shape index (κ1) is 16.3. The molecule has 2 aromatic carbocycles. The largest absolute Gasteiger partial charge is 0.426 e. The molecule has 0 radical (unpaired) electrons. The second-order valence-electron chi connectivity index (χ2n) is 5.51. The summed E-state index contributed by atoms with van der Waals surface area (Å²) >= 11 is 5.83. The first-order chi connectivity index (χ1) is 11.5. The maximum absolute atomic E-state index is 12.0. The molecule has 0 amide bonds. The number of halogens is 1. The summed E-state index contributed by atoms with van der Waals surface area (Å²) in [6, 6.07) is 13.8. The second-order valence-corrected chi connectivity index (χ2v) is 5.94. The van der Waals surface area contributed by atoms with Gasteiger partial charge in [-0.05, 0) is 48.7 Å². The van der Waals surface area contributed by atoms with Crippen molar-refractivity contribution in [3.63, 3.8) is 0 Å². The molecule has 4 nitrogen and oxygen atoms in total. The van der Waals surface area contributed by atoms with Crippen LogP contribution >= 0.6 is 11.6 Å². The predicted molar refractivity (Wildman–Crippen MR) is 92.6 cm³/mol. The average molecular weight is 343 g/mol. The van der Waals surface area contributed by atoms with Crippen LogP contribution in [0.4, 0.5) is 0 Å².